The molecule has 1 N–H and O–H groups in total. The molecule has 2 aromatic carbocycles. The Bertz CT molecular complexity index is 1010. The van der Waals surface area contributed by atoms with Gasteiger partial charge in [-0.15, -0.1) is 0 Å². The van der Waals surface area contributed by atoms with Crippen molar-refractivity contribution in [2.24, 2.45) is 0 Å². The smallest absolute Gasteiger partial charge is 0.170 e. The van der Waals surface area contributed by atoms with E-state index in [0.29, 0.717) is 0 Å². The second kappa shape index (κ2) is 7.58. The number of nitrogens with one attached hydrogen (secondary N) is 1. The van der Waals surface area contributed by atoms with Crippen molar-refractivity contribution in [2.75, 3.05) is 26.1 Å². The molecule has 5 heteroatoms. The Morgan fingerprint density at radius 1 is 1.00 bits per heavy atom. The molecule has 0 fully saturated rings. The number of benzene rings is 2. The summed E-state index contributed by atoms with van der Waals surface area (Å²) in [5.74, 6) is 2.53. The molecule has 146 valence electrons. The molecule has 0 atom stereocenters. The molecule has 0 saturated heterocycles. The number of hydrogen-bond donors (Lipinski definition) is 1. The minimum absolute atomic E-state index is 0.719. The third-order valence-corrected chi connectivity index (χ3v) is 5.59. The van der Waals surface area contributed by atoms with Crippen molar-refractivity contribution < 1.29 is 9.47 Å². The summed E-state index contributed by atoms with van der Waals surface area (Å²) in [6.07, 6.45) is 3.27. The van der Waals surface area contributed by atoms with E-state index in [4.69, 9.17) is 14.6 Å². The standard InChI is InChI=1S/C23H27N3O2/c1-15-9-7-12-19(16(15)2)26-23-18(10-5-6-14-24-23)21(25-26)17-11-8-13-20(27-3)22(17)28-4/h7-9,11-13,24H,5-6,10,14H2,1-4H3. The maximum Gasteiger partial charge on any atom is 0.170 e. The van der Waals surface area contributed by atoms with Crippen molar-refractivity contribution in [3.63, 3.8) is 0 Å². The summed E-state index contributed by atoms with van der Waals surface area (Å²) in [5.41, 5.74) is 6.77. The van der Waals surface area contributed by atoms with E-state index in [2.05, 4.69) is 48.1 Å². The van der Waals surface area contributed by atoms with E-state index in [0.717, 1.165) is 60.1 Å². The van der Waals surface area contributed by atoms with Crippen LogP contribution >= 0.6 is 0 Å². The van der Waals surface area contributed by atoms with Crippen LogP contribution in [-0.4, -0.2) is 30.5 Å². The fraction of sp³-hybridized carbons (Fsp3) is 0.348. The number of rotatable bonds is 4. The number of anilines is 1. The fourth-order valence-electron chi connectivity index (χ4n) is 3.93. The van der Waals surface area contributed by atoms with Crippen LogP contribution in [0.3, 0.4) is 0 Å². The van der Waals surface area contributed by atoms with Crippen LogP contribution in [0.4, 0.5) is 5.82 Å². The number of para-hydroxylation sites is 1. The van der Waals surface area contributed by atoms with E-state index >= 15 is 0 Å². The molecule has 3 aromatic rings. The van der Waals surface area contributed by atoms with Gasteiger partial charge in [0.15, 0.2) is 11.5 Å². The average Bonchev–Trinajstić information content (AvgIpc) is 2.89. The molecule has 2 heterocycles. The predicted molar refractivity (Wildman–Crippen MR) is 113 cm³/mol. The minimum Gasteiger partial charge on any atom is -0.493 e. The number of ether oxygens (including phenoxy) is 2. The van der Waals surface area contributed by atoms with Gasteiger partial charge in [0.1, 0.15) is 11.5 Å². The van der Waals surface area contributed by atoms with Gasteiger partial charge >= 0.3 is 0 Å². The molecule has 4 rings (SSSR count). The highest BCUT2D eigenvalue weighted by atomic mass is 16.5. The van der Waals surface area contributed by atoms with Gasteiger partial charge in [0.05, 0.1) is 19.9 Å². The Balaban J connectivity index is 1.98. The highest BCUT2D eigenvalue weighted by Gasteiger charge is 2.25. The maximum absolute atomic E-state index is 5.71. The number of methoxy groups -OCH3 is 2. The zero-order chi connectivity index (χ0) is 19.7. The van der Waals surface area contributed by atoms with E-state index in [1.54, 1.807) is 14.2 Å². The highest BCUT2D eigenvalue weighted by Crippen LogP contribution is 2.42. The molecule has 1 aliphatic rings. The van der Waals surface area contributed by atoms with Gasteiger partial charge in [0.25, 0.3) is 0 Å². The summed E-state index contributed by atoms with van der Waals surface area (Å²) in [4.78, 5) is 0. The van der Waals surface area contributed by atoms with Crippen LogP contribution in [0, 0.1) is 13.8 Å². The molecule has 0 amide bonds. The number of fused-ring (bicyclic) bond motifs is 1. The van der Waals surface area contributed by atoms with E-state index < -0.39 is 0 Å². The first-order valence-electron chi connectivity index (χ1n) is 9.79. The first kappa shape index (κ1) is 18.4. The Morgan fingerprint density at radius 2 is 1.82 bits per heavy atom. The summed E-state index contributed by atoms with van der Waals surface area (Å²) < 4.78 is 13.3. The van der Waals surface area contributed by atoms with E-state index in [9.17, 15) is 0 Å². The van der Waals surface area contributed by atoms with Gasteiger partial charge in [-0.2, -0.15) is 5.10 Å². The van der Waals surface area contributed by atoms with Crippen molar-refractivity contribution in [2.45, 2.75) is 33.1 Å². The Morgan fingerprint density at radius 3 is 2.61 bits per heavy atom. The Labute approximate surface area is 166 Å². The van der Waals surface area contributed by atoms with Crippen LogP contribution in [0.1, 0.15) is 29.5 Å². The summed E-state index contributed by atoms with van der Waals surface area (Å²) >= 11 is 0. The summed E-state index contributed by atoms with van der Waals surface area (Å²) in [7, 11) is 3.35. The largest absolute Gasteiger partial charge is 0.493 e. The van der Waals surface area contributed by atoms with Gasteiger partial charge in [0.2, 0.25) is 0 Å². The normalized spacial score (nSPS) is 13.4. The third-order valence-electron chi connectivity index (χ3n) is 5.59. The lowest BCUT2D eigenvalue weighted by atomic mass is 10.0. The van der Waals surface area contributed by atoms with Crippen LogP contribution in [0.25, 0.3) is 16.9 Å². The van der Waals surface area contributed by atoms with Crippen molar-refractivity contribution in [1.82, 2.24) is 9.78 Å². The van der Waals surface area contributed by atoms with Crippen LogP contribution in [0.2, 0.25) is 0 Å². The monoisotopic (exact) mass is 377 g/mol. The molecule has 28 heavy (non-hydrogen) atoms. The lowest BCUT2D eigenvalue weighted by Crippen LogP contribution is -2.08. The SMILES string of the molecule is COc1cccc(-c2nn(-c3cccc(C)c3C)c3c2CCCCN3)c1OC. The van der Waals surface area contributed by atoms with Gasteiger partial charge in [-0.1, -0.05) is 18.2 Å². The quantitative estimate of drug-likeness (QED) is 0.701. The molecule has 0 bridgehead atoms. The zero-order valence-electron chi connectivity index (χ0n) is 17.0. The van der Waals surface area contributed by atoms with Gasteiger partial charge in [-0.05, 0) is 62.4 Å². The molecule has 0 aliphatic carbocycles. The Hall–Kier alpha value is -2.95. The number of hydrogen-bond acceptors (Lipinski definition) is 4. The molecule has 0 saturated carbocycles. The number of aromatic nitrogens is 2. The van der Waals surface area contributed by atoms with Crippen molar-refractivity contribution in [1.29, 1.82) is 0 Å². The van der Waals surface area contributed by atoms with Crippen molar-refractivity contribution in [3.8, 4) is 28.4 Å². The van der Waals surface area contributed by atoms with Crippen LogP contribution in [-0.2, 0) is 6.42 Å². The topological polar surface area (TPSA) is 48.3 Å². The van der Waals surface area contributed by atoms with Crippen LogP contribution in [0.5, 0.6) is 11.5 Å². The minimum atomic E-state index is 0.719. The van der Waals surface area contributed by atoms with Crippen LogP contribution < -0.4 is 14.8 Å². The fourth-order valence-corrected chi connectivity index (χ4v) is 3.93. The molecule has 0 unspecified atom stereocenters. The van der Waals surface area contributed by atoms with E-state index in [1.807, 2.05) is 12.1 Å². The second-order valence-corrected chi connectivity index (χ2v) is 7.23. The lowest BCUT2D eigenvalue weighted by molar-refractivity contribution is 0.356. The first-order valence-corrected chi connectivity index (χ1v) is 9.79. The second-order valence-electron chi connectivity index (χ2n) is 7.23. The molecule has 1 aliphatic heterocycles. The van der Waals surface area contributed by atoms with Gasteiger partial charge in [-0.25, -0.2) is 4.68 Å². The predicted octanol–water partition coefficient (Wildman–Crippen LogP) is 4.92. The Kier molecular flexibility index (Phi) is 4.99. The third kappa shape index (κ3) is 3.01. The highest BCUT2D eigenvalue weighted by molar-refractivity contribution is 5.78. The molecule has 0 spiro atoms. The summed E-state index contributed by atoms with van der Waals surface area (Å²) in [6.45, 7) is 5.25. The van der Waals surface area contributed by atoms with Crippen LogP contribution in [0.15, 0.2) is 36.4 Å². The van der Waals surface area contributed by atoms with Gasteiger partial charge < -0.3 is 14.8 Å². The van der Waals surface area contributed by atoms with E-state index in [-0.39, 0.29) is 0 Å². The molecular weight excluding hydrogens is 350 g/mol. The molecule has 5 nitrogen and oxygen atoms in total. The van der Waals surface area contributed by atoms with Crippen molar-refractivity contribution in [3.05, 3.63) is 53.1 Å². The molecule has 1 aromatic heterocycles. The maximum atomic E-state index is 5.71. The molecule has 0 radical (unpaired) electrons. The van der Waals surface area contributed by atoms with Gasteiger partial charge in [0, 0.05) is 17.7 Å². The first-order chi connectivity index (χ1) is 13.7. The number of nitrogens with zero attached hydrogens (tertiary/aromatic N) is 2. The lowest BCUT2D eigenvalue weighted by Gasteiger charge is -2.13. The average molecular weight is 377 g/mol. The summed E-state index contributed by atoms with van der Waals surface area (Å²) in [6, 6.07) is 12.3. The van der Waals surface area contributed by atoms with Gasteiger partial charge in [-0.3, -0.25) is 0 Å². The van der Waals surface area contributed by atoms with E-state index in [1.165, 1.54) is 16.7 Å². The summed E-state index contributed by atoms with van der Waals surface area (Å²) in [5, 5.41) is 8.70. The zero-order valence-corrected chi connectivity index (χ0v) is 17.0. The number of aryl methyl sites for hydroxylation is 1. The molecular formula is C23H27N3O2. The van der Waals surface area contributed by atoms with Crippen molar-refractivity contribution >= 4 is 5.82 Å².